The van der Waals surface area contributed by atoms with Crippen molar-refractivity contribution in [2.45, 2.75) is 12.8 Å². The molecule has 0 fully saturated rings. The molecule has 0 unspecified atom stereocenters. The Morgan fingerprint density at radius 2 is 1.92 bits per heavy atom. The minimum atomic E-state index is -2.58. The average molecular weight is 172 g/mol. The SMILES string of the molecule is [O-]c1cccc(CC(F)F)c1[O-]. The normalized spacial score (nSPS) is 10.6. The molecule has 0 radical (unpaired) electrons. The maximum atomic E-state index is 11.8. The number of benzene rings is 1. The predicted octanol–water partition coefficient (Wildman–Crippen LogP) is 0.641. The van der Waals surface area contributed by atoms with Crippen LogP contribution in [0.5, 0.6) is 11.5 Å². The summed E-state index contributed by atoms with van der Waals surface area (Å²) in [5, 5.41) is 21.5. The fraction of sp³-hybridized carbons (Fsp3) is 0.250. The summed E-state index contributed by atoms with van der Waals surface area (Å²) in [7, 11) is 0. The molecular formula is C8H6F2O2-2. The van der Waals surface area contributed by atoms with Crippen LogP contribution in [0, 0.1) is 0 Å². The molecule has 0 aliphatic rings. The predicted molar refractivity (Wildman–Crippen MR) is 35.0 cm³/mol. The monoisotopic (exact) mass is 172 g/mol. The van der Waals surface area contributed by atoms with E-state index in [2.05, 4.69) is 0 Å². The van der Waals surface area contributed by atoms with E-state index < -0.39 is 24.3 Å². The van der Waals surface area contributed by atoms with Gasteiger partial charge in [0.2, 0.25) is 6.43 Å². The van der Waals surface area contributed by atoms with E-state index in [1.807, 2.05) is 0 Å². The van der Waals surface area contributed by atoms with Crippen LogP contribution in [0.15, 0.2) is 18.2 Å². The number of alkyl halides is 2. The van der Waals surface area contributed by atoms with E-state index in [9.17, 15) is 19.0 Å². The molecule has 0 heterocycles. The van der Waals surface area contributed by atoms with Crippen LogP contribution in [0.2, 0.25) is 0 Å². The third kappa shape index (κ3) is 1.84. The highest BCUT2D eigenvalue weighted by Gasteiger charge is 2.04. The summed E-state index contributed by atoms with van der Waals surface area (Å²) in [6, 6.07) is 3.62. The summed E-state index contributed by atoms with van der Waals surface area (Å²) in [5.41, 5.74) is -0.113. The van der Waals surface area contributed by atoms with Crippen LogP contribution in [0.3, 0.4) is 0 Å². The van der Waals surface area contributed by atoms with E-state index in [-0.39, 0.29) is 5.56 Å². The first-order chi connectivity index (χ1) is 5.61. The molecule has 1 aromatic carbocycles. The Hall–Kier alpha value is -1.32. The van der Waals surface area contributed by atoms with Crippen LogP contribution in [0.1, 0.15) is 5.56 Å². The van der Waals surface area contributed by atoms with Crippen molar-refractivity contribution in [3.05, 3.63) is 23.8 Å². The molecule has 12 heavy (non-hydrogen) atoms. The van der Waals surface area contributed by atoms with E-state index in [0.717, 1.165) is 6.07 Å². The van der Waals surface area contributed by atoms with Crippen molar-refractivity contribution >= 4 is 0 Å². The molecule has 66 valence electrons. The minimum absolute atomic E-state index is 0.113. The van der Waals surface area contributed by atoms with Gasteiger partial charge < -0.3 is 10.2 Å². The number of rotatable bonds is 2. The standard InChI is InChI=1S/C8H8F2O2/c9-7(10)4-5-2-1-3-6(11)8(5)12/h1-3,7,11-12H,4H2/p-2. The lowest BCUT2D eigenvalue weighted by Crippen LogP contribution is -2.06. The van der Waals surface area contributed by atoms with Gasteiger partial charge in [0.25, 0.3) is 0 Å². The second kappa shape index (κ2) is 3.38. The summed E-state index contributed by atoms with van der Waals surface area (Å²) in [6.07, 6.45) is -3.23. The summed E-state index contributed by atoms with van der Waals surface area (Å²) >= 11 is 0. The van der Waals surface area contributed by atoms with Gasteiger partial charge in [-0.1, -0.05) is 23.8 Å². The van der Waals surface area contributed by atoms with Gasteiger partial charge in [0.15, 0.2) is 0 Å². The highest BCUT2D eigenvalue weighted by atomic mass is 19.3. The maximum absolute atomic E-state index is 11.8. The van der Waals surface area contributed by atoms with Crippen LogP contribution >= 0.6 is 0 Å². The zero-order chi connectivity index (χ0) is 9.14. The molecule has 4 heteroatoms. The first-order valence-corrected chi connectivity index (χ1v) is 3.35. The average Bonchev–Trinajstić information content (AvgIpc) is 1.98. The lowest BCUT2D eigenvalue weighted by atomic mass is 10.1. The van der Waals surface area contributed by atoms with E-state index in [1.165, 1.54) is 12.1 Å². The molecule has 1 rings (SSSR count). The Morgan fingerprint density at radius 1 is 1.25 bits per heavy atom. The largest absolute Gasteiger partial charge is 0.873 e. The third-order valence-corrected chi connectivity index (χ3v) is 1.43. The van der Waals surface area contributed by atoms with Crippen LogP contribution in [-0.4, -0.2) is 6.43 Å². The summed E-state index contributed by atoms with van der Waals surface area (Å²) < 4.78 is 23.6. The molecule has 0 spiro atoms. The van der Waals surface area contributed by atoms with Crippen molar-refractivity contribution in [2.75, 3.05) is 0 Å². The van der Waals surface area contributed by atoms with Crippen molar-refractivity contribution in [3.63, 3.8) is 0 Å². The van der Waals surface area contributed by atoms with Gasteiger partial charge in [-0.2, -0.15) is 0 Å². The Bertz CT molecular complexity index is 274. The highest BCUT2D eigenvalue weighted by molar-refractivity contribution is 5.42. The molecule has 0 atom stereocenters. The van der Waals surface area contributed by atoms with E-state index >= 15 is 0 Å². The van der Waals surface area contributed by atoms with Gasteiger partial charge in [-0.05, 0) is 0 Å². The second-order valence-electron chi connectivity index (χ2n) is 2.34. The van der Waals surface area contributed by atoms with Crippen LogP contribution in [0.4, 0.5) is 8.78 Å². The number of para-hydroxylation sites is 1. The molecule has 0 aromatic heterocycles. The summed E-state index contributed by atoms with van der Waals surface area (Å²) in [5.74, 6) is -1.55. The van der Waals surface area contributed by atoms with Crippen molar-refractivity contribution < 1.29 is 19.0 Å². The molecule has 0 saturated carbocycles. The van der Waals surface area contributed by atoms with Gasteiger partial charge >= 0.3 is 0 Å². The lowest BCUT2D eigenvalue weighted by molar-refractivity contribution is -0.318. The fourth-order valence-electron chi connectivity index (χ4n) is 0.888. The molecule has 0 bridgehead atoms. The quantitative estimate of drug-likeness (QED) is 0.657. The van der Waals surface area contributed by atoms with Crippen molar-refractivity contribution in [3.8, 4) is 11.5 Å². The highest BCUT2D eigenvalue weighted by Crippen LogP contribution is 2.24. The van der Waals surface area contributed by atoms with Gasteiger partial charge in [-0.25, -0.2) is 8.78 Å². The van der Waals surface area contributed by atoms with Crippen LogP contribution in [0.25, 0.3) is 0 Å². The maximum Gasteiger partial charge on any atom is 0.242 e. The zero-order valence-electron chi connectivity index (χ0n) is 6.09. The van der Waals surface area contributed by atoms with Gasteiger partial charge in [0.1, 0.15) is 0 Å². The van der Waals surface area contributed by atoms with Crippen molar-refractivity contribution in [2.24, 2.45) is 0 Å². The molecule has 0 aliphatic heterocycles. The zero-order valence-corrected chi connectivity index (χ0v) is 6.09. The molecule has 1 aromatic rings. The third-order valence-electron chi connectivity index (χ3n) is 1.43. The first-order valence-electron chi connectivity index (χ1n) is 3.35. The van der Waals surface area contributed by atoms with E-state index in [1.54, 1.807) is 0 Å². The van der Waals surface area contributed by atoms with Crippen LogP contribution in [-0.2, 0) is 6.42 Å². The summed E-state index contributed by atoms with van der Waals surface area (Å²) in [6.45, 7) is 0. The molecule has 0 N–H and O–H groups in total. The van der Waals surface area contributed by atoms with Gasteiger partial charge in [-0.3, -0.25) is 0 Å². The van der Waals surface area contributed by atoms with E-state index in [4.69, 9.17) is 0 Å². The minimum Gasteiger partial charge on any atom is -0.873 e. The number of hydrogen-bond acceptors (Lipinski definition) is 2. The Labute approximate surface area is 68.1 Å². The Kier molecular flexibility index (Phi) is 2.47. The Morgan fingerprint density at radius 3 is 2.50 bits per heavy atom. The molecule has 0 aliphatic carbocycles. The first kappa shape index (κ1) is 8.77. The Balaban J connectivity index is 2.92. The van der Waals surface area contributed by atoms with E-state index in [0.29, 0.717) is 0 Å². The molecule has 0 amide bonds. The molecule has 2 nitrogen and oxygen atoms in total. The molecular weight excluding hydrogens is 166 g/mol. The number of halogens is 2. The smallest absolute Gasteiger partial charge is 0.242 e. The van der Waals surface area contributed by atoms with Gasteiger partial charge in [-0.15, -0.1) is 11.5 Å². The van der Waals surface area contributed by atoms with Crippen molar-refractivity contribution in [1.82, 2.24) is 0 Å². The van der Waals surface area contributed by atoms with Gasteiger partial charge in [0, 0.05) is 6.42 Å². The van der Waals surface area contributed by atoms with Gasteiger partial charge in [0.05, 0.1) is 0 Å². The van der Waals surface area contributed by atoms with Crippen LogP contribution < -0.4 is 10.2 Å². The topological polar surface area (TPSA) is 46.1 Å². The second-order valence-corrected chi connectivity index (χ2v) is 2.34. The number of hydrogen-bond donors (Lipinski definition) is 0. The van der Waals surface area contributed by atoms with Crippen molar-refractivity contribution in [1.29, 1.82) is 0 Å². The lowest BCUT2D eigenvalue weighted by Gasteiger charge is -2.21. The fourth-order valence-corrected chi connectivity index (χ4v) is 0.888. The molecule has 0 saturated heterocycles. The summed E-state index contributed by atoms with van der Waals surface area (Å²) in [4.78, 5) is 0.